The van der Waals surface area contributed by atoms with Crippen molar-refractivity contribution in [2.24, 2.45) is 5.92 Å². The largest absolute Gasteiger partial charge is 0.547 e. The molecule has 0 saturated heterocycles. The lowest BCUT2D eigenvalue weighted by Crippen LogP contribution is -2.43. The molecule has 2 aromatic carbocycles. The van der Waals surface area contributed by atoms with Crippen LogP contribution < -0.4 is 9.67 Å². The van der Waals surface area contributed by atoms with E-state index in [9.17, 15) is 15.0 Å². The first kappa shape index (κ1) is 22.0. The number of H-pyrrole nitrogens is 1. The minimum atomic E-state index is -1.52. The Balaban J connectivity index is 0.000000186. The number of carboxylic acids is 1. The number of imidazole rings is 1. The van der Waals surface area contributed by atoms with Gasteiger partial charge in [-0.1, -0.05) is 54.6 Å². The summed E-state index contributed by atoms with van der Waals surface area (Å²) in [7, 11) is 0. The highest BCUT2D eigenvalue weighted by molar-refractivity contribution is 5.71. The van der Waals surface area contributed by atoms with Crippen molar-refractivity contribution < 1.29 is 24.7 Å². The van der Waals surface area contributed by atoms with Crippen molar-refractivity contribution in [1.29, 1.82) is 0 Å². The maximum Gasteiger partial charge on any atom is 0.242 e. The third-order valence-corrected chi connectivity index (χ3v) is 6.73. The first-order valence-electron chi connectivity index (χ1n) is 11.3. The number of aliphatic hydroxyl groups excluding tert-OH is 2. The van der Waals surface area contributed by atoms with Crippen molar-refractivity contribution >= 4 is 5.97 Å². The predicted octanol–water partition coefficient (Wildman–Crippen LogP) is 2.03. The fraction of sp³-hybridized carbons (Fsp3) is 0.222. The number of aliphatic carboxylic acids is 1. The Labute approximate surface area is 197 Å². The average molecular weight is 456 g/mol. The summed E-state index contributed by atoms with van der Waals surface area (Å²) in [6.45, 7) is 0. The van der Waals surface area contributed by atoms with Crippen LogP contribution in [0, 0.1) is 5.92 Å². The Kier molecular flexibility index (Phi) is 5.96. The molecule has 0 saturated carbocycles. The number of fused-ring (bicyclic) bond motifs is 4. The van der Waals surface area contributed by atoms with Gasteiger partial charge < -0.3 is 20.1 Å². The zero-order chi connectivity index (χ0) is 23.7. The molecule has 4 atom stereocenters. The van der Waals surface area contributed by atoms with E-state index >= 15 is 0 Å². The molecule has 4 aromatic rings. The molecule has 0 unspecified atom stereocenters. The smallest absolute Gasteiger partial charge is 0.242 e. The quantitative estimate of drug-likeness (QED) is 0.409. The van der Waals surface area contributed by atoms with Gasteiger partial charge in [-0.2, -0.15) is 0 Å². The highest BCUT2D eigenvalue weighted by Gasteiger charge is 2.44. The van der Waals surface area contributed by atoms with E-state index in [0.717, 1.165) is 18.4 Å². The summed E-state index contributed by atoms with van der Waals surface area (Å²) in [4.78, 5) is 17.6. The summed E-state index contributed by atoms with van der Waals surface area (Å²) in [5.41, 5.74) is 6.35. The molecule has 2 aliphatic rings. The zero-order valence-electron chi connectivity index (χ0n) is 18.4. The summed E-state index contributed by atoms with van der Waals surface area (Å²) >= 11 is 0. The number of aromatic nitrogens is 3. The third-order valence-electron chi connectivity index (χ3n) is 6.73. The maximum atomic E-state index is 11.0. The molecule has 2 aromatic heterocycles. The molecule has 0 fully saturated rings. The Morgan fingerprint density at radius 1 is 1.09 bits per heavy atom. The molecule has 0 bridgehead atoms. The lowest BCUT2D eigenvalue weighted by Gasteiger charge is -2.32. The molecular weight excluding hydrogens is 430 g/mol. The Morgan fingerprint density at radius 3 is 2.65 bits per heavy atom. The molecule has 0 spiro atoms. The third kappa shape index (κ3) is 3.89. The molecule has 1 aliphatic heterocycles. The number of hydrogen-bond donors (Lipinski definition) is 3. The van der Waals surface area contributed by atoms with Crippen LogP contribution in [0.3, 0.4) is 0 Å². The van der Waals surface area contributed by atoms with E-state index in [-0.39, 0.29) is 12.0 Å². The van der Waals surface area contributed by atoms with Gasteiger partial charge in [0.2, 0.25) is 6.33 Å². The first-order chi connectivity index (χ1) is 16.6. The summed E-state index contributed by atoms with van der Waals surface area (Å²) in [6, 6.07) is 18.8. The van der Waals surface area contributed by atoms with Gasteiger partial charge in [-0.25, -0.2) is 9.55 Å². The SMILES string of the molecule is O=C([O-])[C@@H](O)c1ccccc1.O[C@@H]1c2cnccc2CC[C@H]1[C@H]1c2ccccc2-c2c[nH]c[n+]21. The second-order valence-electron chi connectivity index (χ2n) is 8.62. The summed E-state index contributed by atoms with van der Waals surface area (Å²) < 4.78 is 2.28. The van der Waals surface area contributed by atoms with Crippen LogP contribution in [-0.2, 0) is 11.2 Å². The normalized spacial score (nSPS) is 20.8. The fourth-order valence-corrected chi connectivity index (χ4v) is 5.10. The highest BCUT2D eigenvalue weighted by atomic mass is 16.4. The van der Waals surface area contributed by atoms with Crippen LogP contribution in [-0.4, -0.2) is 26.2 Å². The number of hydrogen-bond acceptors (Lipinski definition) is 5. The maximum absolute atomic E-state index is 11.0. The van der Waals surface area contributed by atoms with E-state index in [0.29, 0.717) is 5.56 Å². The number of carboxylic acid groups (broad SMARTS) is 1. The van der Waals surface area contributed by atoms with Crippen molar-refractivity contribution in [2.45, 2.75) is 31.1 Å². The number of nitrogens with zero attached hydrogens (tertiary/aromatic N) is 2. The lowest BCUT2D eigenvalue weighted by molar-refractivity contribution is -0.705. The van der Waals surface area contributed by atoms with Gasteiger partial charge in [0.15, 0.2) is 5.69 Å². The fourth-order valence-electron chi connectivity index (χ4n) is 5.10. The van der Waals surface area contributed by atoms with Gasteiger partial charge >= 0.3 is 0 Å². The Morgan fingerprint density at radius 2 is 1.85 bits per heavy atom. The predicted molar refractivity (Wildman–Crippen MR) is 122 cm³/mol. The van der Waals surface area contributed by atoms with Crippen LogP contribution in [0.4, 0.5) is 0 Å². The van der Waals surface area contributed by atoms with Crippen LogP contribution in [0.2, 0.25) is 0 Å². The van der Waals surface area contributed by atoms with E-state index in [1.807, 2.05) is 31.0 Å². The van der Waals surface area contributed by atoms with Crippen LogP contribution in [0.25, 0.3) is 11.3 Å². The standard InChI is InChI=1S/C19H17N3O.C8H8O3/c23-19-15(6-5-12-7-8-20-9-16(12)19)18-14-4-2-1-3-13(14)17-10-21-11-22(17)18;9-7(8(10)11)6-4-2-1-3-5-6/h1-4,7-11,15,18-19,23H,5-6H2;1-5,7,9H,(H,10,11)/t15-,18+,19-;7-/m00/s1. The Bertz CT molecular complexity index is 1300. The van der Waals surface area contributed by atoms with Crippen molar-refractivity contribution in [3.8, 4) is 11.3 Å². The van der Waals surface area contributed by atoms with Gasteiger partial charge in [-0.05, 0) is 30.0 Å². The van der Waals surface area contributed by atoms with Crippen molar-refractivity contribution in [2.75, 3.05) is 0 Å². The molecule has 172 valence electrons. The van der Waals surface area contributed by atoms with E-state index in [1.54, 1.807) is 18.2 Å². The molecule has 3 heterocycles. The van der Waals surface area contributed by atoms with Crippen molar-refractivity contribution in [1.82, 2.24) is 9.97 Å². The highest BCUT2D eigenvalue weighted by Crippen LogP contribution is 2.45. The second kappa shape index (κ2) is 9.21. The average Bonchev–Trinajstić information content (AvgIpc) is 3.46. The van der Waals surface area contributed by atoms with Crippen LogP contribution in [0.5, 0.6) is 0 Å². The number of nitrogens with one attached hydrogen (secondary N) is 1. The van der Waals surface area contributed by atoms with Gasteiger partial charge in [0, 0.05) is 35.0 Å². The van der Waals surface area contributed by atoms with E-state index in [4.69, 9.17) is 5.11 Å². The molecule has 6 rings (SSSR count). The molecule has 1 aliphatic carbocycles. The second-order valence-corrected chi connectivity index (χ2v) is 8.62. The number of pyridine rings is 1. The van der Waals surface area contributed by atoms with Crippen LogP contribution in [0.15, 0.2) is 85.6 Å². The zero-order valence-corrected chi connectivity index (χ0v) is 18.4. The molecule has 3 N–H and O–H groups in total. The number of benzene rings is 2. The van der Waals surface area contributed by atoms with Gasteiger partial charge in [-0.3, -0.25) is 4.98 Å². The minimum Gasteiger partial charge on any atom is -0.547 e. The van der Waals surface area contributed by atoms with E-state index < -0.39 is 18.2 Å². The molecule has 0 amide bonds. The number of aliphatic hydroxyl groups is 2. The number of aromatic amines is 1. The van der Waals surface area contributed by atoms with E-state index in [2.05, 4.69) is 38.8 Å². The van der Waals surface area contributed by atoms with Crippen LogP contribution in [0.1, 0.15) is 46.9 Å². The molecule has 7 heteroatoms. The number of carbonyl (C=O) groups excluding carboxylic acids is 1. The molecule has 7 nitrogen and oxygen atoms in total. The molecule has 0 radical (unpaired) electrons. The van der Waals surface area contributed by atoms with Gasteiger partial charge in [0.05, 0.1) is 12.1 Å². The molecule has 34 heavy (non-hydrogen) atoms. The monoisotopic (exact) mass is 455 g/mol. The lowest BCUT2D eigenvalue weighted by atomic mass is 9.76. The van der Waals surface area contributed by atoms with Crippen molar-refractivity contribution in [3.63, 3.8) is 0 Å². The number of carbonyl (C=O) groups is 1. The number of rotatable bonds is 3. The van der Waals surface area contributed by atoms with Crippen molar-refractivity contribution in [3.05, 3.63) is 108 Å². The van der Waals surface area contributed by atoms with E-state index in [1.165, 1.54) is 34.5 Å². The topological polar surface area (TPSA) is 113 Å². The van der Waals surface area contributed by atoms with Gasteiger partial charge in [0.1, 0.15) is 18.3 Å². The summed E-state index contributed by atoms with van der Waals surface area (Å²) in [5.74, 6) is -1.31. The summed E-state index contributed by atoms with van der Waals surface area (Å²) in [6.07, 6.45) is 7.70. The molecular formula is C27H25N3O4. The van der Waals surface area contributed by atoms with Gasteiger partial charge in [-0.15, -0.1) is 0 Å². The van der Waals surface area contributed by atoms with Gasteiger partial charge in [0.25, 0.3) is 0 Å². The minimum absolute atomic E-state index is 0.162. The summed E-state index contributed by atoms with van der Waals surface area (Å²) in [5, 5.41) is 30.1. The number of aryl methyl sites for hydroxylation is 1. The Hall–Kier alpha value is -3.81. The first-order valence-corrected chi connectivity index (χ1v) is 11.3. The van der Waals surface area contributed by atoms with Crippen LogP contribution >= 0.6 is 0 Å².